The fourth-order valence-electron chi connectivity index (χ4n) is 5.93. The molecule has 6 rings (SSSR count). The number of pyridine rings is 1. The molecule has 0 unspecified atom stereocenters. The number of nitrogens with zero attached hydrogens (tertiary/aromatic N) is 4. The maximum Gasteiger partial charge on any atom is 0.163 e. The molecule has 0 amide bonds. The molecule has 7 heteroatoms. The summed E-state index contributed by atoms with van der Waals surface area (Å²) in [6, 6.07) is 13.9. The zero-order chi connectivity index (χ0) is 25.5. The lowest BCUT2D eigenvalue weighted by Gasteiger charge is -2.35. The maximum absolute atomic E-state index is 14.2. The average molecular weight is 499 g/mol. The Hall–Kier alpha value is -3.71. The first-order chi connectivity index (χ1) is 17.9. The van der Waals surface area contributed by atoms with E-state index in [1.54, 1.807) is 6.20 Å². The summed E-state index contributed by atoms with van der Waals surface area (Å²) in [7, 11) is 2.01. The van der Waals surface area contributed by atoms with Crippen LogP contribution in [0.4, 0.5) is 8.78 Å². The third kappa shape index (κ3) is 4.71. The summed E-state index contributed by atoms with van der Waals surface area (Å²) in [5.74, 6) is -0.671. The van der Waals surface area contributed by atoms with Gasteiger partial charge in [-0.2, -0.15) is 0 Å². The van der Waals surface area contributed by atoms with Gasteiger partial charge in [-0.25, -0.2) is 13.8 Å². The maximum atomic E-state index is 14.2. The van der Waals surface area contributed by atoms with Crippen molar-refractivity contribution >= 4 is 17.1 Å². The molecule has 4 aromatic rings. The number of piperidine rings is 1. The number of benzene rings is 2. The molecule has 2 aromatic heterocycles. The van der Waals surface area contributed by atoms with Gasteiger partial charge in [0.1, 0.15) is 17.3 Å². The lowest BCUT2D eigenvalue weighted by Crippen LogP contribution is -2.39. The number of imidazole rings is 1. The highest BCUT2D eigenvalue weighted by Gasteiger charge is 2.29. The zero-order valence-electron chi connectivity index (χ0n) is 20.7. The van der Waals surface area contributed by atoms with Crippen LogP contribution in [-0.4, -0.2) is 45.9 Å². The minimum Gasteiger partial charge on any atom is -0.307 e. The molecule has 4 heterocycles. The molecular formula is C30H28F2N4O. The molecule has 0 spiro atoms. The minimum atomic E-state index is -0.497. The molecule has 1 saturated heterocycles. The van der Waals surface area contributed by atoms with Crippen molar-refractivity contribution in [1.82, 2.24) is 14.3 Å². The first kappa shape index (κ1) is 23.7. The molecule has 2 atom stereocenters. The Kier molecular flexibility index (Phi) is 6.16. The van der Waals surface area contributed by atoms with Crippen LogP contribution in [0.1, 0.15) is 45.5 Å². The fraction of sp³-hybridized carbons (Fsp3) is 0.300. The lowest BCUT2D eigenvalue weighted by atomic mass is 9.82. The summed E-state index contributed by atoms with van der Waals surface area (Å²) in [5, 5.41) is 0. The average Bonchev–Trinajstić information content (AvgIpc) is 3.52. The normalized spacial score (nSPS) is 19.7. The topological polar surface area (TPSA) is 50.0 Å². The van der Waals surface area contributed by atoms with E-state index in [1.165, 1.54) is 18.2 Å². The Bertz CT molecular complexity index is 1510. The van der Waals surface area contributed by atoms with E-state index in [2.05, 4.69) is 9.88 Å². The highest BCUT2D eigenvalue weighted by atomic mass is 19.1. The SMILES string of the molecule is CN1C[C@H](Cc2c(F)cccc2F)C[C@H](CC(=O)c2ccc3c(c2)C(c2ccn4ccnc4c2)=NC3)C1. The van der Waals surface area contributed by atoms with Crippen LogP contribution in [0, 0.1) is 23.5 Å². The number of halogens is 2. The van der Waals surface area contributed by atoms with Crippen LogP contribution in [0.5, 0.6) is 0 Å². The Morgan fingerprint density at radius 1 is 1.03 bits per heavy atom. The monoisotopic (exact) mass is 498 g/mol. The molecule has 2 aliphatic heterocycles. The number of likely N-dealkylation sites (tertiary alicyclic amines) is 1. The van der Waals surface area contributed by atoms with Crippen LogP contribution in [0.15, 0.2) is 72.1 Å². The predicted octanol–water partition coefficient (Wildman–Crippen LogP) is 5.35. The number of ketones is 1. The van der Waals surface area contributed by atoms with E-state index in [0.717, 1.165) is 47.6 Å². The number of hydrogen-bond donors (Lipinski definition) is 0. The molecule has 2 aliphatic rings. The number of carbonyl (C=O) groups is 1. The van der Waals surface area contributed by atoms with Gasteiger partial charge in [0.15, 0.2) is 5.78 Å². The number of carbonyl (C=O) groups excluding carboxylic acids is 1. The van der Waals surface area contributed by atoms with Crippen molar-refractivity contribution in [1.29, 1.82) is 0 Å². The van der Waals surface area contributed by atoms with Crippen molar-refractivity contribution in [2.45, 2.75) is 25.8 Å². The Morgan fingerprint density at radius 2 is 1.84 bits per heavy atom. The van der Waals surface area contributed by atoms with Crippen molar-refractivity contribution in [3.8, 4) is 0 Å². The largest absolute Gasteiger partial charge is 0.307 e. The number of hydrogen-bond acceptors (Lipinski definition) is 4. The zero-order valence-corrected chi connectivity index (χ0v) is 20.7. The van der Waals surface area contributed by atoms with Gasteiger partial charge in [0.25, 0.3) is 0 Å². The fourth-order valence-corrected chi connectivity index (χ4v) is 5.93. The van der Waals surface area contributed by atoms with Crippen LogP contribution in [-0.2, 0) is 13.0 Å². The molecular weight excluding hydrogens is 470 g/mol. The third-order valence-electron chi connectivity index (χ3n) is 7.60. The Balaban J connectivity index is 1.18. The molecule has 0 N–H and O–H groups in total. The second-order valence-electron chi connectivity index (χ2n) is 10.4. The van der Waals surface area contributed by atoms with Gasteiger partial charge in [-0.05, 0) is 67.6 Å². The van der Waals surface area contributed by atoms with Gasteiger partial charge in [-0.15, -0.1) is 0 Å². The second kappa shape index (κ2) is 9.63. The molecule has 0 bridgehead atoms. The van der Waals surface area contributed by atoms with Crippen LogP contribution >= 0.6 is 0 Å². The number of aliphatic imine (C=N–C) groups is 1. The van der Waals surface area contributed by atoms with Gasteiger partial charge in [0, 0.05) is 60.4 Å². The number of fused-ring (bicyclic) bond motifs is 2. The number of rotatable bonds is 6. The highest BCUT2D eigenvalue weighted by molar-refractivity contribution is 6.16. The number of Topliss-reactive ketones (excluding diaryl/α,β-unsaturated/α-hetero) is 1. The second-order valence-corrected chi connectivity index (χ2v) is 10.4. The van der Waals surface area contributed by atoms with Gasteiger partial charge in [-0.1, -0.05) is 18.2 Å². The predicted molar refractivity (Wildman–Crippen MR) is 139 cm³/mol. The minimum absolute atomic E-state index is 0.0916. The van der Waals surface area contributed by atoms with E-state index >= 15 is 0 Å². The standard InChI is InChI=1S/C30H28F2N4O/c1-35-17-19(12-25-26(31)3-2-4-27(25)32)11-20(18-35)13-28(37)21-5-6-23-16-34-30(24(23)14-21)22-7-9-36-10-8-33-29(36)15-22/h2-10,14-15,19-20H,11-13,16-18H2,1H3/t19-,20+/m0/s1. The van der Waals surface area contributed by atoms with Crippen LogP contribution in [0.3, 0.4) is 0 Å². The van der Waals surface area contributed by atoms with Crippen LogP contribution in [0.25, 0.3) is 5.65 Å². The Labute approximate surface area is 214 Å². The summed E-state index contributed by atoms with van der Waals surface area (Å²) in [6.45, 7) is 2.16. The molecule has 2 aromatic carbocycles. The van der Waals surface area contributed by atoms with E-state index in [9.17, 15) is 13.6 Å². The van der Waals surface area contributed by atoms with Crippen molar-refractivity contribution in [3.05, 3.63) is 107 Å². The molecule has 1 fully saturated rings. The van der Waals surface area contributed by atoms with Gasteiger partial charge >= 0.3 is 0 Å². The van der Waals surface area contributed by atoms with Gasteiger partial charge < -0.3 is 9.30 Å². The summed E-state index contributed by atoms with van der Waals surface area (Å²) < 4.78 is 30.4. The summed E-state index contributed by atoms with van der Waals surface area (Å²) in [4.78, 5) is 24.7. The number of aromatic nitrogens is 2. The van der Waals surface area contributed by atoms with Crippen molar-refractivity contribution in [2.75, 3.05) is 20.1 Å². The van der Waals surface area contributed by atoms with Gasteiger partial charge in [0.05, 0.1) is 12.3 Å². The lowest BCUT2D eigenvalue weighted by molar-refractivity contribution is 0.0892. The first-order valence-electron chi connectivity index (χ1n) is 12.7. The van der Waals surface area contributed by atoms with E-state index in [1.807, 2.05) is 54.2 Å². The van der Waals surface area contributed by atoms with E-state index in [0.29, 0.717) is 24.9 Å². The van der Waals surface area contributed by atoms with E-state index in [-0.39, 0.29) is 23.2 Å². The third-order valence-corrected chi connectivity index (χ3v) is 7.60. The van der Waals surface area contributed by atoms with E-state index in [4.69, 9.17) is 4.99 Å². The summed E-state index contributed by atoms with van der Waals surface area (Å²) in [5.41, 5.74) is 5.66. The van der Waals surface area contributed by atoms with Gasteiger partial charge in [0.2, 0.25) is 0 Å². The quantitative estimate of drug-likeness (QED) is 0.337. The summed E-state index contributed by atoms with van der Waals surface area (Å²) >= 11 is 0. The van der Waals surface area contributed by atoms with Crippen molar-refractivity contribution in [3.63, 3.8) is 0 Å². The molecule has 37 heavy (non-hydrogen) atoms. The molecule has 0 saturated carbocycles. The van der Waals surface area contributed by atoms with E-state index < -0.39 is 11.6 Å². The van der Waals surface area contributed by atoms with Crippen molar-refractivity contribution < 1.29 is 13.6 Å². The molecule has 0 aliphatic carbocycles. The summed E-state index contributed by atoms with van der Waals surface area (Å²) in [6.07, 6.45) is 7.15. The molecule has 0 radical (unpaired) electrons. The first-order valence-corrected chi connectivity index (χ1v) is 12.7. The smallest absolute Gasteiger partial charge is 0.163 e. The highest BCUT2D eigenvalue weighted by Crippen LogP contribution is 2.30. The van der Waals surface area contributed by atoms with Gasteiger partial charge in [-0.3, -0.25) is 9.79 Å². The Morgan fingerprint density at radius 3 is 2.68 bits per heavy atom. The van der Waals surface area contributed by atoms with Crippen LogP contribution in [0.2, 0.25) is 0 Å². The van der Waals surface area contributed by atoms with Crippen molar-refractivity contribution in [2.24, 2.45) is 16.8 Å². The molecule has 188 valence electrons. The van der Waals surface area contributed by atoms with Crippen LogP contribution < -0.4 is 0 Å². The molecule has 5 nitrogen and oxygen atoms in total.